The Kier molecular flexibility index (Phi) is 3.42. The van der Waals surface area contributed by atoms with Crippen molar-refractivity contribution in [2.24, 2.45) is 0 Å². The van der Waals surface area contributed by atoms with Crippen LogP contribution in [0.4, 0.5) is 0 Å². The second-order valence-electron chi connectivity index (χ2n) is 5.15. The lowest BCUT2D eigenvalue weighted by molar-refractivity contribution is 0.475. The summed E-state index contributed by atoms with van der Waals surface area (Å²) in [7, 11) is 0. The molecular weight excluding hydrogens is 220 g/mol. The van der Waals surface area contributed by atoms with E-state index in [4.69, 9.17) is 0 Å². The van der Waals surface area contributed by atoms with Gasteiger partial charge < -0.3 is 5.11 Å². The van der Waals surface area contributed by atoms with Crippen LogP contribution in [0.2, 0.25) is 0 Å². The molecule has 0 unspecified atom stereocenters. The zero-order valence-electron chi connectivity index (χ0n) is 11.5. The van der Waals surface area contributed by atoms with E-state index in [1.54, 1.807) is 0 Å². The van der Waals surface area contributed by atoms with Crippen LogP contribution in [0, 0.1) is 13.8 Å². The van der Waals surface area contributed by atoms with Crippen molar-refractivity contribution in [1.82, 2.24) is 0 Å². The highest BCUT2D eigenvalue weighted by Gasteiger charge is 2.17. The van der Waals surface area contributed by atoms with Crippen LogP contribution in [0.25, 0.3) is 11.1 Å². The smallest absolute Gasteiger partial charge is 0.123 e. The van der Waals surface area contributed by atoms with Crippen molar-refractivity contribution in [2.75, 3.05) is 0 Å². The molecule has 94 valence electrons. The third kappa shape index (κ3) is 2.13. The molecule has 0 radical (unpaired) electrons. The van der Waals surface area contributed by atoms with Crippen LogP contribution in [-0.2, 0) is 0 Å². The molecule has 0 bridgehead atoms. The second kappa shape index (κ2) is 4.85. The molecule has 1 nitrogen and oxygen atoms in total. The van der Waals surface area contributed by atoms with Crippen molar-refractivity contribution >= 4 is 0 Å². The highest BCUT2D eigenvalue weighted by molar-refractivity contribution is 5.76. The van der Waals surface area contributed by atoms with Crippen LogP contribution < -0.4 is 0 Å². The van der Waals surface area contributed by atoms with Crippen LogP contribution in [-0.4, -0.2) is 5.11 Å². The molecule has 1 N–H and O–H groups in total. The molecule has 0 saturated heterocycles. The topological polar surface area (TPSA) is 20.2 Å². The molecule has 0 atom stereocenters. The van der Waals surface area contributed by atoms with Gasteiger partial charge >= 0.3 is 0 Å². The maximum absolute atomic E-state index is 10.3. The first kappa shape index (κ1) is 12.7. The van der Waals surface area contributed by atoms with Crippen molar-refractivity contribution in [1.29, 1.82) is 0 Å². The summed E-state index contributed by atoms with van der Waals surface area (Å²) in [6.07, 6.45) is 0. The van der Waals surface area contributed by atoms with E-state index in [-0.39, 0.29) is 0 Å². The van der Waals surface area contributed by atoms with Gasteiger partial charge in [-0.25, -0.2) is 0 Å². The number of phenols is 1. The largest absolute Gasteiger partial charge is 0.507 e. The van der Waals surface area contributed by atoms with Gasteiger partial charge in [0.1, 0.15) is 5.75 Å². The monoisotopic (exact) mass is 240 g/mol. The number of aryl methyl sites for hydroxylation is 1. The summed E-state index contributed by atoms with van der Waals surface area (Å²) in [4.78, 5) is 0. The molecule has 0 aromatic heterocycles. The molecule has 0 aliphatic heterocycles. The molecule has 0 spiro atoms. The minimum absolute atomic E-state index is 0.382. The number of hydrogen-bond acceptors (Lipinski definition) is 1. The minimum Gasteiger partial charge on any atom is -0.507 e. The minimum atomic E-state index is 0.382. The molecule has 0 saturated carbocycles. The van der Waals surface area contributed by atoms with Crippen LogP contribution in [0.3, 0.4) is 0 Å². The molecule has 2 aromatic rings. The summed E-state index contributed by atoms with van der Waals surface area (Å²) in [6, 6.07) is 12.0. The molecule has 0 amide bonds. The number of phenolic OH excluding ortho intramolecular Hbond substituents is 1. The maximum atomic E-state index is 10.3. The summed E-state index contributed by atoms with van der Waals surface area (Å²) in [5.74, 6) is 0.777. The van der Waals surface area contributed by atoms with Crippen molar-refractivity contribution in [3.05, 3.63) is 53.1 Å². The highest BCUT2D eigenvalue weighted by Crippen LogP contribution is 2.39. The van der Waals surface area contributed by atoms with E-state index in [1.165, 1.54) is 11.1 Å². The fourth-order valence-corrected chi connectivity index (χ4v) is 2.55. The van der Waals surface area contributed by atoms with E-state index in [9.17, 15) is 5.11 Å². The van der Waals surface area contributed by atoms with Gasteiger partial charge in [-0.1, -0.05) is 44.2 Å². The predicted molar refractivity (Wildman–Crippen MR) is 77.1 cm³/mol. The van der Waals surface area contributed by atoms with E-state index in [0.29, 0.717) is 11.7 Å². The van der Waals surface area contributed by atoms with Crippen LogP contribution in [0.5, 0.6) is 5.75 Å². The Morgan fingerprint density at radius 1 is 1.00 bits per heavy atom. The van der Waals surface area contributed by atoms with E-state index in [1.807, 2.05) is 24.3 Å². The summed E-state index contributed by atoms with van der Waals surface area (Å²) in [5, 5.41) is 10.3. The fourth-order valence-electron chi connectivity index (χ4n) is 2.55. The van der Waals surface area contributed by atoms with E-state index >= 15 is 0 Å². The van der Waals surface area contributed by atoms with E-state index < -0.39 is 0 Å². The zero-order valence-corrected chi connectivity index (χ0v) is 11.5. The number of hydrogen-bond donors (Lipinski definition) is 1. The third-order valence-corrected chi connectivity index (χ3v) is 3.51. The Morgan fingerprint density at radius 2 is 1.61 bits per heavy atom. The van der Waals surface area contributed by atoms with Gasteiger partial charge in [-0.05, 0) is 48.1 Å². The summed E-state index contributed by atoms with van der Waals surface area (Å²) >= 11 is 0. The quantitative estimate of drug-likeness (QED) is 0.799. The zero-order chi connectivity index (χ0) is 13.3. The normalized spacial score (nSPS) is 10.9. The third-order valence-electron chi connectivity index (χ3n) is 3.51. The first-order chi connectivity index (χ1) is 8.52. The predicted octanol–water partition coefficient (Wildman–Crippen LogP) is 4.80. The Hall–Kier alpha value is -1.76. The molecule has 0 aliphatic rings. The van der Waals surface area contributed by atoms with E-state index in [2.05, 4.69) is 39.8 Å². The Balaban J connectivity index is 2.78. The number of rotatable bonds is 2. The fraction of sp³-hybridized carbons (Fsp3) is 0.294. The first-order valence-corrected chi connectivity index (χ1v) is 6.41. The summed E-state index contributed by atoms with van der Waals surface area (Å²) in [6.45, 7) is 8.54. The molecule has 0 heterocycles. The van der Waals surface area contributed by atoms with E-state index in [0.717, 1.165) is 16.7 Å². The van der Waals surface area contributed by atoms with Crippen molar-refractivity contribution in [3.8, 4) is 16.9 Å². The molecule has 1 heteroatoms. The summed E-state index contributed by atoms with van der Waals surface area (Å²) < 4.78 is 0. The van der Waals surface area contributed by atoms with Gasteiger partial charge in [0.2, 0.25) is 0 Å². The molecular formula is C17H20O. The first-order valence-electron chi connectivity index (χ1n) is 6.41. The number of benzene rings is 2. The van der Waals surface area contributed by atoms with Gasteiger partial charge in [0, 0.05) is 5.56 Å². The van der Waals surface area contributed by atoms with Gasteiger partial charge in [0.05, 0.1) is 0 Å². The average molecular weight is 240 g/mol. The Labute approximate surface area is 109 Å². The molecule has 2 rings (SSSR count). The van der Waals surface area contributed by atoms with Crippen LogP contribution in [0.1, 0.15) is 36.5 Å². The molecule has 2 aromatic carbocycles. The highest BCUT2D eigenvalue weighted by atomic mass is 16.3. The van der Waals surface area contributed by atoms with Crippen LogP contribution in [0.15, 0.2) is 36.4 Å². The summed E-state index contributed by atoms with van der Waals surface area (Å²) in [5.41, 5.74) is 5.74. The Bertz CT molecular complexity index is 554. The van der Waals surface area contributed by atoms with Crippen LogP contribution >= 0.6 is 0 Å². The second-order valence-corrected chi connectivity index (χ2v) is 5.15. The van der Waals surface area contributed by atoms with Gasteiger partial charge in [0.15, 0.2) is 0 Å². The molecule has 0 fully saturated rings. The molecule has 18 heavy (non-hydrogen) atoms. The molecule has 0 aliphatic carbocycles. The van der Waals surface area contributed by atoms with Gasteiger partial charge in [-0.15, -0.1) is 0 Å². The Morgan fingerprint density at radius 3 is 2.17 bits per heavy atom. The maximum Gasteiger partial charge on any atom is 0.123 e. The lowest BCUT2D eigenvalue weighted by atomic mass is 9.86. The standard InChI is InChI=1S/C17H20O/c1-11(2)16-13(4)12(3)10-15(18)17(16)14-8-6-5-7-9-14/h5-11,18H,1-4H3. The van der Waals surface area contributed by atoms with Gasteiger partial charge in [-0.3, -0.25) is 0 Å². The lowest BCUT2D eigenvalue weighted by Gasteiger charge is -2.19. The van der Waals surface area contributed by atoms with Crippen molar-refractivity contribution in [3.63, 3.8) is 0 Å². The van der Waals surface area contributed by atoms with Crippen molar-refractivity contribution in [2.45, 2.75) is 33.6 Å². The van der Waals surface area contributed by atoms with Gasteiger partial charge in [0.25, 0.3) is 0 Å². The average Bonchev–Trinajstić information content (AvgIpc) is 2.34. The lowest BCUT2D eigenvalue weighted by Crippen LogP contribution is -1.99. The number of aromatic hydroxyl groups is 1. The SMILES string of the molecule is Cc1cc(O)c(-c2ccccc2)c(C(C)C)c1C. The van der Waals surface area contributed by atoms with Gasteiger partial charge in [-0.2, -0.15) is 0 Å². The van der Waals surface area contributed by atoms with Crippen molar-refractivity contribution < 1.29 is 5.11 Å².